The van der Waals surface area contributed by atoms with Gasteiger partial charge in [0.2, 0.25) is 11.8 Å². The number of nitrogens with zero attached hydrogens (tertiary/aromatic N) is 1. The third-order valence-corrected chi connectivity index (χ3v) is 3.34. The molecule has 1 aliphatic heterocycles. The summed E-state index contributed by atoms with van der Waals surface area (Å²) in [7, 11) is 0. The van der Waals surface area contributed by atoms with Gasteiger partial charge in [-0.15, -0.1) is 0 Å². The van der Waals surface area contributed by atoms with Gasteiger partial charge in [0.05, 0.1) is 6.54 Å². The summed E-state index contributed by atoms with van der Waals surface area (Å²) < 4.78 is 6.44. The highest BCUT2D eigenvalue weighted by Crippen LogP contribution is 2.20. The molecule has 2 amide bonds. The second-order valence-corrected chi connectivity index (χ2v) is 5.21. The molecule has 2 rings (SSSR count). The Balaban J connectivity index is 1.86. The summed E-state index contributed by atoms with van der Waals surface area (Å²) in [6.07, 6.45) is 0.315. The number of imide groups is 1. The van der Waals surface area contributed by atoms with E-state index in [0.717, 1.165) is 10.2 Å². The van der Waals surface area contributed by atoms with Gasteiger partial charge in [-0.2, -0.15) is 0 Å². The highest BCUT2D eigenvalue weighted by Gasteiger charge is 2.35. The summed E-state index contributed by atoms with van der Waals surface area (Å²) in [5, 5.41) is 0. The fraction of sp³-hybridized carbons (Fsp3) is 0.385. The first-order valence-corrected chi connectivity index (χ1v) is 6.60. The van der Waals surface area contributed by atoms with E-state index in [-0.39, 0.29) is 17.7 Å². The highest BCUT2D eigenvalue weighted by molar-refractivity contribution is 9.10. The van der Waals surface area contributed by atoms with Crippen LogP contribution >= 0.6 is 15.9 Å². The number of halogens is 1. The largest absolute Gasteiger partial charge is 0.492 e. The maximum Gasteiger partial charge on any atom is 0.232 e. The van der Waals surface area contributed by atoms with Gasteiger partial charge in [-0.1, -0.05) is 28.9 Å². The predicted octanol–water partition coefficient (Wildman–Crippen LogP) is 2.22. The van der Waals surface area contributed by atoms with Crippen LogP contribution in [0.25, 0.3) is 0 Å². The number of hydrogen-bond acceptors (Lipinski definition) is 3. The van der Waals surface area contributed by atoms with E-state index in [1.54, 1.807) is 6.92 Å². The number of ether oxygens (including phenoxy) is 1. The van der Waals surface area contributed by atoms with Crippen LogP contribution in [0.4, 0.5) is 0 Å². The Labute approximate surface area is 114 Å². The molecule has 0 bridgehead atoms. The van der Waals surface area contributed by atoms with Gasteiger partial charge in [-0.3, -0.25) is 14.5 Å². The molecule has 1 heterocycles. The van der Waals surface area contributed by atoms with Crippen molar-refractivity contribution in [3.63, 3.8) is 0 Å². The quantitative estimate of drug-likeness (QED) is 0.801. The SMILES string of the molecule is CC1CC(=O)N(CCOc2cccc(Br)c2)C1=O. The Morgan fingerprint density at radius 1 is 1.44 bits per heavy atom. The number of likely N-dealkylation sites (tertiary alicyclic amines) is 1. The molecule has 5 heteroatoms. The third-order valence-electron chi connectivity index (χ3n) is 2.85. The fourth-order valence-electron chi connectivity index (χ4n) is 1.89. The third kappa shape index (κ3) is 2.90. The Hall–Kier alpha value is -1.36. The van der Waals surface area contributed by atoms with Crippen LogP contribution in [0, 0.1) is 5.92 Å². The maximum atomic E-state index is 11.7. The summed E-state index contributed by atoms with van der Waals surface area (Å²) in [5.74, 6) is 0.322. The molecule has 1 fully saturated rings. The minimum atomic E-state index is -0.191. The van der Waals surface area contributed by atoms with E-state index in [1.807, 2.05) is 24.3 Å². The fourth-order valence-corrected chi connectivity index (χ4v) is 2.27. The molecule has 0 radical (unpaired) electrons. The molecule has 0 saturated carbocycles. The summed E-state index contributed by atoms with van der Waals surface area (Å²) >= 11 is 3.35. The molecule has 96 valence electrons. The van der Waals surface area contributed by atoms with Gasteiger partial charge in [-0.25, -0.2) is 0 Å². The lowest BCUT2D eigenvalue weighted by Gasteiger charge is -2.14. The van der Waals surface area contributed by atoms with E-state index in [1.165, 1.54) is 4.90 Å². The second kappa shape index (κ2) is 5.52. The van der Waals surface area contributed by atoms with E-state index < -0.39 is 0 Å². The van der Waals surface area contributed by atoms with E-state index in [4.69, 9.17) is 4.74 Å². The van der Waals surface area contributed by atoms with Crippen LogP contribution in [-0.4, -0.2) is 29.9 Å². The van der Waals surface area contributed by atoms with Crippen molar-refractivity contribution in [2.75, 3.05) is 13.2 Å². The summed E-state index contributed by atoms with van der Waals surface area (Å²) in [6, 6.07) is 7.45. The number of carbonyl (C=O) groups excluding carboxylic acids is 2. The van der Waals surface area contributed by atoms with Crippen molar-refractivity contribution in [1.82, 2.24) is 4.90 Å². The highest BCUT2D eigenvalue weighted by atomic mass is 79.9. The molecule has 1 aliphatic rings. The number of carbonyl (C=O) groups is 2. The molecule has 18 heavy (non-hydrogen) atoms. The Morgan fingerprint density at radius 2 is 2.22 bits per heavy atom. The zero-order valence-corrected chi connectivity index (χ0v) is 11.6. The number of amides is 2. The minimum Gasteiger partial charge on any atom is -0.492 e. The molecule has 1 atom stereocenters. The normalized spacial score (nSPS) is 19.4. The molecule has 0 spiro atoms. The molecular weight excluding hydrogens is 298 g/mol. The Morgan fingerprint density at radius 3 is 2.83 bits per heavy atom. The number of hydrogen-bond donors (Lipinski definition) is 0. The van der Waals surface area contributed by atoms with Gasteiger partial charge in [0.25, 0.3) is 0 Å². The van der Waals surface area contributed by atoms with E-state index in [0.29, 0.717) is 19.6 Å². The van der Waals surface area contributed by atoms with Crippen LogP contribution in [-0.2, 0) is 9.59 Å². The molecule has 1 unspecified atom stereocenters. The zero-order chi connectivity index (χ0) is 13.1. The van der Waals surface area contributed by atoms with E-state index in [9.17, 15) is 9.59 Å². The first-order chi connectivity index (χ1) is 8.58. The first kappa shape index (κ1) is 13.1. The van der Waals surface area contributed by atoms with E-state index in [2.05, 4.69) is 15.9 Å². The average Bonchev–Trinajstić information content (AvgIpc) is 2.56. The van der Waals surface area contributed by atoms with Crippen molar-refractivity contribution in [2.24, 2.45) is 5.92 Å². The molecule has 0 aliphatic carbocycles. The van der Waals surface area contributed by atoms with Crippen molar-refractivity contribution in [3.05, 3.63) is 28.7 Å². The molecule has 1 aromatic carbocycles. The average molecular weight is 312 g/mol. The van der Waals surface area contributed by atoms with Crippen LogP contribution in [0.5, 0.6) is 5.75 Å². The maximum absolute atomic E-state index is 11.7. The van der Waals surface area contributed by atoms with E-state index >= 15 is 0 Å². The lowest BCUT2D eigenvalue weighted by Crippen LogP contribution is -2.34. The first-order valence-electron chi connectivity index (χ1n) is 5.80. The molecule has 1 saturated heterocycles. The van der Waals surface area contributed by atoms with Gasteiger partial charge in [0, 0.05) is 16.8 Å². The molecular formula is C13H14BrNO3. The van der Waals surface area contributed by atoms with Crippen LogP contribution < -0.4 is 4.74 Å². The summed E-state index contributed by atoms with van der Waals surface area (Å²) in [6.45, 7) is 2.41. The smallest absolute Gasteiger partial charge is 0.232 e. The predicted molar refractivity (Wildman–Crippen MR) is 70.1 cm³/mol. The van der Waals surface area contributed by atoms with Gasteiger partial charge >= 0.3 is 0 Å². The molecule has 1 aromatic rings. The standard InChI is InChI=1S/C13H14BrNO3/c1-9-7-12(16)15(13(9)17)5-6-18-11-4-2-3-10(14)8-11/h2-4,8-9H,5-7H2,1H3. The van der Waals surface area contributed by atoms with Gasteiger partial charge < -0.3 is 4.74 Å². The summed E-state index contributed by atoms with van der Waals surface area (Å²) in [4.78, 5) is 24.5. The van der Waals surface area contributed by atoms with Crippen molar-refractivity contribution in [1.29, 1.82) is 0 Å². The van der Waals surface area contributed by atoms with Crippen molar-refractivity contribution < 1.29 is 14.3 Å². The van der Waals surface area contributed by atoms with Crippen LogP contribution in [0.15, 0.2) is 28.7 Å². The van der Waals surface area contributed by atoms with Crippen LogP contribution in [0.2, 0.25) is 0 Å². The number of benzene rings is 1. The Kier molecular flexibility index (Phi) is 4.01. The van der Waals surface area contributed by atoms with Crippen molar-refractivity contribution in [3.8, 4) is 5.75 Å². The van der Waals surface area contributed by atoms with Crippen LogP contribution in [0.1, 0.15) is 13.3 Å². The van der Waals surface area contributed by atoms with Crippen LogP contribution in [0.3, 0.4) is 0 Å². The summed E-state index contributed by atoms with van der Waals surface area (Å²) in [5.41, 5.74) is 0. The Bertz CT molecular complexity index is 475. The number of rotatable bonds is 4. The lowest BCUT2D eigenvalue weighted by atomic mass is 10.1. The molecule has 4 nitrogen and oxygen atoms in total. The van der Waals surface area contributed by atoms with Gasteiger partial charge in [0.15, 0.2) is 0 Å². The zero-order valence-electron chi connectivity index (χ0n) is 10.1. The second-order valence-electron chi connectivity index (χ2n) is 4.29. The minimum absolute atomic E-state index is 0.0992. The lowest BCUT2D eigenvalue weighted by molar-refractivity contribution is -0.139. The molecule has 0 N–H and O–H groups in total. The van der Waals surface area contributed by atoms with Crippen molar-refractivity contribution >= 4 is 27.7 Å². The van der Waals surface area contributed by atoms with Gasteiger partial charge in [0.1, 0.15) is 12.4 Å². The topological polar surface area (TPSA) is 46.6 Å². The van der Waals surface area contributed by atoms with Gasteiger partial charge in [-0.05, 0) is 18.2 Å². The monoisotopic (exact) mass is 311 g/mol. The van der Waals surface area contributed by atoms with Crippen molar-refractivity contribution in [2.45, 2.75) is 13.3 Å². The molecule has 0 aromatic heterocycles.